The molecular weight excluding hydrogens is 385 g/mol. The van der Waals surface area contributed by atoms with Crippen molar-refractivity contribution in [2.45, 2.75) is 33.1 Å². The first kappa shape index (κ1) is 21.5. The molecular formula is C16H21Cl2N3O3S. The summed E-state index contributed by atoms with van der Waals surface area (Å²) in [6.07, 6.45) is 1.07. The zero-order valence-electron chi connectivity index (χ0n) is 14.0. The maximum absolute atomic E-state index is 11.7. The number of nitrogens with one attached hydrogen (secondary N) is 3. The molecule has 1 aromatic rings. The topological polar surface area (TPSA) is 79.5 Å². The van der Waals surface area contributed by atoms with Crippen LogP contribution in [0.5, 0.6) is 5.75 Å². The van der Waals surface area contributed by atoms with Gasteiger partial charge in [0.1, 0.15) is 5.75 Å². The third kappa shape index (κ3) is 9.48. The minimum Gasteiger partial charge on any atom is -0.492 e. The number of hydrogen-bond donors (Lipinski definition) is 3. The molecule has 25 heavy (non-hydrogen) atoms. The fourth-order valence-corrected chi connectivity index (χ4v) is 2.40. The lowest BCUT2D eigenvalue weighted by molar-refractivity contribution is -0.122. The number of carbonyl (C=O) groups excluding carboxylic acids is 2. The van der Waals surface area contributed by atoms with Gasteiger partial charge >= 0.3 is 0 Å². The highest BCUT2D eigenvalue weighted by Crippen LogP contribution is 2.27. The molecule has 6 nitrogen and oxygen atoms in total. The molecule has 2 amide bonds. The molecule has 3 N–H and O–H groups in total. The molecule has 0 atom stereocenters. The standard InChI is InChI=1S/C16H21Cl2N3O3S/c1-10(2)8-15(23)19-16(25)21-20-14(22)4-3-7-24-13-6-5-11(17)9-12(13)18/h5-6,9-10H,3-4,7-8H2,1-2H3,(H,20,22)(H2,19,21,23,25). The molecule has 0 aromatic heterocycles. The number of amides is 2. The SMILES string of the molecule is CC(C)CC(=O)NC(=S)NNC(=O)CCCOc1ccc(Cl)cc1Cl. The first-order chi connectivity index (χ1) is 11.8. The van der Waals surface area contributed by atoms with Crippen molar-refractivity contribution in [3.05, 3.63) is 28.2 Å². The highest BCUT2D eigenvalue weighted by Gasteiger charge is 2.08. The Balaban J connectivity index is 2.18. The molecule has 1 aromatic carbocycles. The van der Waals surface area contributed by atoms with E-state index in [2.05, 4.69) is 16.2 Å². The third-order valence-electron chi connectivity index (χ3n) is 2.86. The predicted octanol–water partition coefficient (Wildman–Crippen LogP) is 3.22. The Kier molecular flexibility index (Phi) is 9.55. The van der Waals surface area contributed by atoms with E-state index >= 15 is 0 Å². The summed E-state index contributed by atoms with van der Waals surface area (Å²) in [4.78, 5) is 23.2. The Morgan fingerprint density at radius 2 is 1.92 bits per heavy atom. The minimum absolute atomic E-state index is 0.0585. The van der Waals surface area contributed by atoms with Gasteiger partial charge in [-0.25, -0.2) is 0 Å². The Morgan fingerprint density at radius 1 is 1.20 bits per heavy atom. The number of thiocarbonyl (C=S) groups is 1. The van der Waals surface area contributed by atoms with Crippen LogP contribution in [0.2, 0.25) is 10.0 Å². The first-order valence-electron chi connectivity index (χ1n) is 7.74. The fourth-order valence-electron chi connectivity index (χ4n) is 1.78. The molecule has 9 heteroatoms. The normalized spacial score (nSPS) is 10.3. The third-order valence-corrected chi connectivity index (χ3v) is 3.60. The summed E-state index contributed by atoms with van der Waals surface area (Å²) < 4.78 is 5.48. The van der Waals surface area contributed by atoms with Crippen molar-refractivity contribution in [3.8, 4) is 5.75 Å². The minimum atomic E-state index is -0.272. The zero-order chi connectivity index (χ0) is 18.8. The van der Waals surface area contributed by atoms with Crippen molar-refractivity contribution in [2.24, 2.45) is 5.92 Å². The second-order valence-corrected chi connectivity index (χ2v) is 6.93. The van der Waals surface area contributed by atoms with E-state index < -0.39 is 0 Å². The second kappa shape index (κ2) is 11.1. The Hall–Kier alpha value is -1.57. The molecule has 0 heterocycles. The van der Waals surface area contributed by atoms with Crippen molar-refractivity contribution in [3.63, 3.8) is 0 Å². The highest BCUT2D eigenvalue weighted by atomic mass is 35.5. The van der Waals surface area contributed by atoms with Crippen LogP contribution in [0.4, 0.5) is 0 Å². The number of hydrazine groups is 1. The largest absolute Gasteiger partial charge is 0.492 e. The lowest BCUT2D eigenvalue weighted by Gasteiger charge is -2.12. The van der Waals surface area contributed by atoms with E-state index in [4.69, 9.17) is 40.2 Å². The lowest BCUT2D eigenvalue weighted by atomic mass is 10.1. The van der Waals surface area contributed by atoms with Crippen molar-refractivity contribution < 1.29 is 14.3 Å². The molecule has 0 saturated carbocycles. The molecule has 0 aliphatic rings. The predicted molar refractivity (Wildman–Crippen MR) is 103 cm³/mol. The smallest absolute Gasteiger partial charge is 0.238 e. The van der Waals surface area contributed by atoms with Crippen LogP contribution < -0.4 is 20.9 Å². The maximum Gasteiger partial charge on any atom is 0.238 e. The van der Waals surface area contributed by atoms with Crippen LogP contribution in [0.25, 0.3) is 0 Å². The summed E-state index contributed by atoms with van der Waals surface area (Å²) in [6.45, 7) is 4.18. The number of carbonyl (C=O) groups is 2. The van der Waals surface area contributed by atoms with E-state index in [9.17, 15) is 9.59 Å². The van der Waals surface area contributed by atoms with Crippen LogP contribution in [0.15, 0.2) is 18.2 Å². The van der Waals surface area contributed by atoms with Gasteiger partial charge in [-0.05, 0) is 42.8 Å². The maximum atomic E-state index is 11.7. The van der Waals surface area contributed by atoms with E-state index in [1.54, 1.807) is 18.2 Å². The van der Waals surface area contributed by atoms with Crippen LogP contribution >= 0.6 is 35.4 Å². The van der Waals surface area contributed by atoms with E-state index in [1.807, 2.05) is 13.8 Å². The molecule has 0 aliphatic carbocycles. The Bertz CT molecular complexity index is 627. The lowest BCUT2D eigenvalue weighted by Crippen LogP contribution is -2.48. The molecule has 0 aliphatic heterocycles. The van der Waals surface area contributed by atoms with Crippen LogP contribution in [0, 0.1) is 5.92 Å². The number of ether oxygens (including phenoxy) is 1. The molecule has 0 unspecified atom stereocenters. The highest BCUT2D eigenvalue weighted by molar-refractivity contribution is 7.80. The van der Waals surface area contributed by atoms with Gasteiger partial charge in [0, 0.05) is 17.9 Å². The quantitative estimate of drug-likeness (QED) is 0.368. The average Bonchev–Trinajstić information content (AvgIpc) is 2.50. The van der Waals surface area contributed by atoms with Crippen LogP contribution in [-0.2, 0) is 9.59 Å². The molecule has 0 spiro atoms. The summed E-state index contributed by atoms with van der Waals surface area (Å²) in [6, 6.07) is 4.93. The molecule has 0 radical (unpaired) electrons. The van der Waals surface area contributed by atoms with Crippen molar-refractivity contribution in [1.29, 1.82) is 0 Å². The summed E-state index contributed by atoms with van der Waals surface area (Å²) in [7, 11) is 0. The van der Waals surface area contributed by atoms with E-state index in [0.29, 0.717) is 35.2 Å². The van der Waals surface area contributed by atoms with Gasteiger partial charge in [-0.15, -0.1) is 0 Å². The number of rotatable bonds is 7. The van der Waals surface area contributed by atoms with Crippen molar-refractivity contribution in [2.75, 3.05) is 6.61 Å². The van der Waals surface area contributed by atoms with Crippen LogP contribution in [0.3, 0.4) is 0 Å². The van der Waals surface area contributed by atoms with Gasteiger partial charge < -0.3 is 10.1 Å². The van der Waals surface area contributed by atoms with Gasteiger partial charge in [-0.2, -0.15) is 0 Å². The Labute approximate surface area is 162 Å². The van der Waals surface area contributed by atoms with Gasteiger partial charge in [0.25, 0.3) is 0 Å². The monoisotopic (exact) mass is 405 g/mol. The fraction of sp³-hybridized carbons (Fsp3) is 0.438. The van der Waals surface area contributed by atoms with Crippen molar-refractivity contribution in [1.82, 2.24) is 16.2 Å². The molecule has 1 rings (SSSR count). The number of benzene rings is 1. The molecule has 0 bridgehead atoms. The van der Waals surface area contributed by atoms with Gasteiger partial charge in [0.2, 0.25) is 11.8 Å². The van der Waals surface area contributed by atoms with Gasteiger partial charge in [-0.1, -0.05) is 37.0 Å². The van der Waals surface area contributed by atoms with E-state index in [0.717, 1.165) is 0 Å². The zero-order valence-corrected chi connectivity index (χ0v) is 16.4. The molecule has 0 saturated heterocycles. The average molecular weight is 406 g/mol. The first-order valence-corrected chi connectivity index (χ1v) is 8.91. The number of halogens is 2. The van der Waals surface area contributed by atoms with Crippen LogP contribution in [0.1, 0.15) is 33.1 Å². The van der Waals surface area contributed by atoms with Crippen molar-refractivity contribution >= 4 is 52.3 Å². The summed E-state index contributed by atoms with van der Waals surface area (Å²) in [5.41, 5.74) is 4.90. The van der Waals surface area contributed by atoms with Gasteiger partial charge in [0.15, 0.2) is 5.11 Å². The Morgan fingerprint density at radius 3 is 2.56 bits per heavy atom. The summed E-state index contributed by atoms with van der Waals surface area (Å²) in [5, 5.41) is 3.49. The summed E-state index contributed by atoms with van der Waals surface area (Å²) >= 11 is 16.7. The summed E-state index contributed by atoms with van der Waals surface area (Å²) in [5.74, 6) is 0.270. The van der Waals surface area contributed by atoms with Gasteiger partial charge in [-0.3, -0.25) is 20.4 Å². The molecule has 138 valence electrons. The van der Waals surface area contributed by atoms with Gasteiger partial charge in [0.05, 0.1) is 11.6 Å². The van der Waals surface area contributed by atoms with Crippen LogP contribution in [-0.4, -0.2) is 23.5 Å². The molecule has 0 fully saturated rings. The van der Waals surface area contributed by atoms with E-state index in [-0.39, 0.29) is 29.3 Å². The second-order valence-electron chi connectivity index (χ2n) is 5.68. The van der Waals surface area contributed by atoms with E-state index in [1.165, 1.54) is 0 Å². The number of hydrogen-bond acceptors (Lipinski definition) is 4.